The van der Waals surface area contributed by atoms with Crippen LogP contribution in [0.5, 0.6) is 0 Å². The molecule has 1 atom stereocenters. The van der Waals surface area contributed by atoms with Crippen LogP contribution >= 0.6 is 0 Å². The molecule has 0 saturated carbocycles. The third-order valence-corrected chi connectivity index (χ3v) is 5.83. The monoisotopic (exact) mass is 430 g/mol. The van der Waals surface area contributed by atoms with Gasteiger partial charge in [-0.2, -0.15) is 5.10 Å². The van der Waals surface area contributed by atoms with Crippen molar-refractivity contribution in [2.24, 2.45) is 0 Å². The Hall–Kier alpha value is -3.74. The van der Waals surface area contributed by atoms with Gasteiger partial charge in [0.1, 0.15) is 6.04 Å². The van der Waals surface area contributed by atoms with E-state index in [1.54, 1.807) is 24.8 Å². The zero-order valence-electron chi connectivity index (χ0n) is 18.5. The quantitative estimate of drug-likeness (QED) is 0.669. The van der Waals surface area contributed by atoms with Gasteiger partial charge in [0.15, 0.2) is 0 Å². The first-order chi connectivity index (χ1) is 15.4. The van der Waals surface area contributed by atoms with E-state index in [4.69, 9.17) is 0 Å². The summed E-state index contributed by atoms with van der Waals surface area (Å²) in [5.74, 6) is -0.241. The van der Waals surface area contributed by atoms with Crippen molar-refractivity contribution in [3.63, 3.8) is 0 Å². The van der Waals surface area contributed by atoms with Crippen LogP contribution in [0.25, 0.3) is 11.3 Å². The fourth-order valence-electron chi connectivity index (χ4n) is 3.91. The third-order valence-electron chi connectivity index (χ3n) is 5.83. The summed E-state index contributed by atoms with van der Waals surface area (Å²) in [5, 5.41) is 7.39. The van der Waals surface area contributed by atoms with Crippen LogP contribution in [-0.4, -0.2) is 28.1 Å². The summed E-state index contributed by atoms with van der Waals surface area (Å²) in [5.41, 5.74) is 4.62. The lowest BCUT2D eigenvalue weighted by molar-refractivity contribution is -0.121. The number of nitrogens with zero attached hydrogens (tertiary/aromatic N) is 3. The van der Waals surface area contributed by atoms with Gasteiger partial charge in [-0.3, -0.25) is 14.4 Å². The topological polar surface area (TPSA) is 84.3 Å². The van der Waals surface area contributed by atoms with Crippen LogP contribution in [0.4, 0.5) is 11.4 Å². The molecular formula is C25H26N4O3. The number of hydrogen-bond acceptors (Lipinski definition) is 4. The van der Waals surface area contributed by atoms with Crippen LogP contribution in [0, 0.1) is 6.92 Å². The van der Waals surface area contributed by atoms with Gasteiger partial charge in [-0.25, -0.2) is 4.68 Å². The normalized spacial score (nSPS) is 13.5. The number of hydrogen-bond donors (Lipinski definition) is 1. The van der Waals surface area contributed by atoms with E-state index in [1.807, 2.05) is 49.4 Å². The molecule has 2 amide bonds. The molecular weight excluding hydrogens is 404 g/mol. The first kappa shape index (κ1) is 21.5. The maximum atomic E-state index is 13.2. The van der Waals surface area contributed by atoms with Crippen LogP contribution < -0.4 is 15.8 Å². The molecule has 1 unspecified atom stereocenters. The van der Waals surface area contributed by atoms with E-state index in [9.17, 15) is 14.4 Å². The molecule has 1 N–H and O–H groups in total. The standard InChI is InChI=1S/C25H26N4O3/c1-4-23(30)26-21-15-19(10-9-16(21)2)20-11-12-24(31)29(27-20)17(3)25(32)28-14-13-18-7-5-6-8-22(18)28/h5-12,15,17H,4,13-14H2,1-3H3,(H,26,30). The first-order valence-corrected chi connectivity index (χ1v) is 10.8. The molecule has 7 heteroatoms. The second-order valence-electron chi connectivity index (χ2n) is 7.98. The largest absolute Gasteiger partial charge is 0.326 e. The number of para-hydroxylation sites is 1. The fraction of sp³-hybridized carbons (Fsp3) is 0.280. The summed E-state index contributed by atoms with van der Waals surface area (Å²) in [6.07, 6.45) is 1.18. The molecule has 1 aromatic heterocycles. The van der Waals surface area contributed by atoms with E-state index in [-0.39, 0.29) is 17.4 Å². The third kappa shape index (κ3) is 4.06. The van der Waals surface area contributed by atoms with E-state index >= 15 is 0 Å². The van der Waals surface area contributed by atoms with Gasteiger partial charge in [-0.15, -0.1) is 0 Å². The molecule has 0 spiro atoms. The minimum atomic E-state index is -0.752. The van der Waals surface area contributed by atoms with Crippen LogP contribution in [-0.2, 0) is 16.0 Å². The number of fused-ring (bicyclic) bond motifs is 1. The molecule has 2 heterocycles. The number of carbonyl (C=O) groups excluding carboxylic acids is 2. The molecule has 4 rings (SSSR count). The predicted molar refractivity (Wildman–Crippen MR) is 125 cm³/mol. The smallest absolute Gasteiger partial charge is 0.267 e. The summed E-state index contributed by atoms with van der Waals surface area (Å²) in [6, 6.07) is 15.7. The molecule has 32 heavy (non-hydrogen) atoms. The van der Waals surface area contributed by atoms with E-state index in [1.165, 1.54) is 10.7 Å². The second kappa shape index (κ2) is 8.78. The van der Waals surface area contributed by atoms with Crippen molar-refractivity contribution in [3.8, 4) is 11.3 Å². The highest BCUT2D eigenvalue weighted by Crippen LogP contribution is 2.29. The van der Waals surface area contributed by atoms with E-state index < -0.39 is 6.04 Å². The molecule has 1 aliphatic heterocycles. The molecule has 2 aromatic carbocycles. The maximum Gasteiger partial charge on any atom is 0.267 e. The molecule has 0 radical (unpaired) electrons. The lowest BCUT2D eigenvalue weighted by Crippen LogP contribution is -2.39. The Morgan fingerprint density at radius 3 is 2.69 bits per heavy atom. The van der Waals surface area contributed by atoms with Crippen LogP contribution in [0.15, 0.2) is 59.4 Å². The minimum Gasteiger partial charge on any atom is -0.326 e. The van der Waals surface area contributed by atoms with Crippen molar-refractivity contribution in [2.45, 2.75) is 39.7 Å². The lowest BCUT2D eigenvalue weighted by atomic mass is 10.1. The Morgan fingerprint density at radius 1 is 1.12 bits per heavy atom. The molecule has 1 aliphatic rings. The molecule has 0 aliphatic carbocycles. The Balaban J connectivity index is 1.65. The molecule has 0 fully saturated rings. The fourth-order valence-corrected chi connectivity index (χ4v) is 3.91. The molecule has 7 nitrogen and oxygen atoms in total. The second-order valence-corrected chi connectivity index (χ2v) is 7.98. The van der Waals surface area contributed by atoms with Gasteiger partial charge in [0.25, 0.3) is 11.5 Å². The highest BCUT2D eigenvalue weighted by molar-refractivity contribution is 5.97. The maximum absolute atomic E-state index is 13.2. The summed E-state index contributed by atoms with van der Waals surface area (Å²) < 4.78 is 1.24. The zero-order valence-corrected chi connectivity index (χ0v) is 18.5. The van der Waals surface area contributed by atoms with Gasteiger partial charge >= 0.3 is 0 Å². The zero-order chi connectivity index (χ0) is 22.8. The van der Waals surface area contributed by atoms with Crippen molar-refractivity contribution >= 4 is 23.2 Å². The highest BCUT2D eigenvalue weighted by atomic mass is 16.2. The predicted octanol–water partition coefficient (Wildman–Crippen LogP) is 3.72. The molecule has 0 saturated heterocycles. The van der Waals surface area contributed by atoms with Gasteiger partial charge in [0.2, 0.25) is 5.91 Å². The van der Waals surface area contributed by atoms with Crippen molar-refractivity contribution in [3.05, 3.63) is 76.1 Å². The first-order valence-electron chi connectivity index (χ1n) is 10.8. The Morgan fingerprint density at radius 2 is 1.91 bits per heavy atom. The Labute approximate surface area is 186 Å². The highest BCUT2D eigenvalue weighted by Gasteiger charge is 2.29. The summed E-state index contributed by atoms with van der Waals surface area (Å²) in [7, 11) is 0. The molecule has 3 aromatic rings. The number of aryl methyl sites for hydroxylation is 1. The van der Waals surface area contributed by atoms with Crippen molar-refractivity contribution in [1.29, 1.82) is 0 Å². The average Bonchev–Trinajstić information content (AvgIpc) is 3.24. The summed E-state index contributed by atoms with van der Waals surface area (Å²) in [6.45, 7) is 6.00. The van der Waals surface area contributed by atoms with Gasteiger partial charge in [0.05, 0.1) is 5.69 Å². The van der Waals surface area contributed by atoms with Crippen LogP contribution in [0.2, 0.25) is 0 Å². The molecule has 164 valence electrons. The van der Waals surface area contributed by atoms with Crippen molar-refractivity contribution < 1.29 is 9.59 Å². The number of benzene rings is 2. The number of anilines is 2. The lowest BCUT2D eigenvalue weighted by Gasteiger charge is -2.22. The minimum absolute atomic E-state index is 0.0757. The number of carbonyl (C=O) groups is 2. The van der Waals surface area contributed by atoms with E-state index in [0.29, 0.717) is 24.3 Å². The Bertz CT molecular complexity index is 1250. The summed E-state index contributed by atoms with van der Waals surface area (Å²) >= 11 is 0. The van der Waals surface area contributed by atoms with Gasteiger partial charge < -0.3 is 10.2 Å². The Kier molecular flexibility index (Phi) is 5.90. The van der Waals surface area contributed by atoms with Crippen LogP contribution in [0.3, 0.4) is 0 Å². The van der Waals surface area contributed by atoms with Crippen molar-refractivity contribution in [1.82, 2.24) is 9.78 Å². The average molecular weight is 431 g/mol. The van der Waals surface area contributed by atoms with Crippen LogP contribution in [0.1, 0.15) is 37.4 Å². The van der Waals surface area contributed by atoms with Crippen molar-refractivity contribution in [2.75, 3.05) is 16.8 Å². The number of amides is 2. The summed E-state index contributed by atoms with van der Waals surface area (Å²) in [4.78, 5) is 39.4. The number of aromatic nitrogens is 2. The number of nitrogens with one attached hydrogen (secondary N) is 1. The van der Waals surface area contributed by atoms with Gasteiger partial charge in [-0.1, -0.05) is 37.3 Å². The number of rotatable bonds is 5. The molecule has 0 bridgehead atoms. The van der Waals surface area contributed by atoms with E-state index in [2.05, 4.69) is 10.4 Å². The van der Waals surface area contributed by atoms with Gasteiger partial charge in [0, 0.05) is 36.0 Å². The SMILES string of the molecule is CCC(=O)Nc1cc(-c2ccc(=O)n(C(C)C(=O)N3CCc4ccccc43)n2)ccc1C. The van der Waals surface area contributed by atoms with Gasteiger partial charge in [-0.05, 0) is 49.6 Å². The van der Waals surface area contributed by atoms with E-state index in [0.717, 1.165) is 28.8 Å².